The molecule has 0 spiro atoms. The predicted molar refractivity (Wildman–Crippen MR) is 65.4 cm³/mol. The number of non-ortho nitro benzene ring substituents is 1. The summed E-state index contributed by atoms with van der Waals surface area (Å²) in [7, 11) is 3.08. The van der Waals surface area contributed by atoms with Crippen LogP contribution in [-0.4, -0.2) is 35.7 Å². The molecule has 0 atom stereocenters. The van der Waals surface area contributed by atoms with E-state index in [2.05, 4.69) is 5.32 Å². The Morgan fingerprint density at radius 3 is 2.33 bits per heavy atom. The number of amides is 2. The molecule has 0 aliphatic carbocycles. The van der Waals surface area contributed by atoms with Gasteiger partial charge in [-0.3, -0.25) is 19.7 Å². The van der Waals surface area contributed by atoms with Crippen LogP contribution in [0.2, 0.25) is 0 Å². The zero-order chi connectivity index (χ0) is 13.9. The molecule has 1 rings (SSSR count). The summed E-state index contributed by atoms with van der Waals surface area (Å²) in [5, 5.41) is 13.2. The van der Waals surface area contributed by atoms with E-state index >= 15 is 0 Å². The first-order valence-electron chi connectivity index (χ1n) is 5.10. The first-order chi connectivity index (χ1) is 8.31. The van der Waals surface area contributed by atoms with E-state index in [-0.39, 0.29) is 28.8 Å². The van der Waals surface area contributed by atoms with Crippen molar-refractivity contribution in [2.75, 3.05) is 19.4 Å². The molecule has 1 aromatic rings. The predicted octanol–water partition coefficient (Wildman–Crippen LogP) is 1.25. The van der Waals surface area contributed by atoms with Crippen molar-refractivity contribution in [1.29, 1.82) is 0 Å². The molecule has 2 amide bonds. The molecule has 18 heavy (non-hydrogen) atoms. The third-order valence-corrected chi connectivity index (χ3v) is 2.10. The van der Waals surface area contributed by atoms with Gasteiger partial charge < -0.3 is 10.2 Å². The molecule has 0 bridgehead atoms. The third-order valence-electron chi connectivity index (χ3n) is 2.10. The normalized spacial score (nSPS) is 9.72. The van der Waals surface area contributed by atoms with E-state index in [1.807, 2.05) is 0 Å². The summed E-state index contributed by atoms with van der Waals surface area (Å²) in [4.78, 5) is 34.1. The van der Waals surface area contributed by atoms with Gasteiger partial charge in [-0.05, 0) is 6.07 Å². The average Bonchev–Trinajstić information content (AvgIpc) is 2.26. The fourth-order valence-corrected chi connectivity index (χ4v) is 1.37. The van der Waals surface area contributed by atoms with E-state index in [1.165, 1.54) is 30.0 Å². The Morgan fingerprint density at radius 1 is 1.28 bits per heavy atom. The highest BCUT2D eigenvalue weighted by Gasteiger charge is 2.16. The van der Waals surface area contributed by atoms with Crippen LogP contribution in [-0.2, 0) is 4.79 Å². The molecular formula is C11H13N3O4. The molecule has 7 nitrogen and oxygen atoms in total. The number of nitrogens with one attached hydrogen (secondary N) is 1. The lowest BCUT2D eigenvalue weighted by Crippen LogP contribution is -2.22. The van der Waals surface area contributed by atoms with Gasteiger partial charge >= 0.3 is 0 Å². The van der Waals surface area contributed by atoms with Crippen LogP contribution in [0.4, 0.5) is 11.4 Å². The summed E-state index contributed by atoms with van der Waals surface area (Å²) in [5.74, 6) is -0.732. The summed E-state index contributed by atoms with van der Waals surface area (Å²) in [6.07, 6.45) is 0. The van der Waals surface area contributed by atoms with Gasteiger partial charge in [0.05, 0.1) is 4.92 Å². The summed E-state index contributed by atoms with van der Waals surface area (Å²) in [6, 6.07) is 3.78. The molecule has 0 unspecified atom stereocenters. The molecular weight excluding hydrogens is 238 g/mol. The standard InChI is InChI=1S/C11H13N3O4/c1-7(15)12-9-4-8(11(16)13(2)3)5-10(6-9)14(17)18/h4-6H,1-3H3,(H,12,15). The van der Waals surface area contributed by atoms with Crippen LogP contribution in [0.3, 0.4) is 0 Å². The van der Waals surface area contributed by atoms with E-state index in [4.69, 9.17) is 0 Å². The molecule has 0 radical (unpaired) electrons. The molecule has 1 aromatic carbocycles. The number of benzene rings is 1. The average molecular weight is 251 g/mol. The number of hydrogen-bond donors (Lipinski definition) is 1. The van der Waals surface area contributed by atoms with E-state index < -0.39 is 4.92 Å². The highest BCUT2D eigenvalue weighted by atomic mass is 16.6. The van der Waals surface area contributed by atoms with Gasteiger partial charge in [0.15, 0.2) is 0 Å². The number of carbonyl (C=O) groups is 2. The molecule has 0 aliphatic heterocycles. The lowest BCUT2D eigenvalue weighted by Gasteiger charge is -2.11. The van der Waals surface area contributed by atoms with Gasteiger partial charge in [0.2, 0.25) is 5.91 Å². The molecule has 0 saturated heterocycles. The lowest BCUT2D eigenvalue weighted by molar-refractivity contribution is -0.384. The highest BCUT2D eigenvalue weighted by Crippen LogP contribution is 2.21. The molecule has 0 saturated carbocycles. The second-order valence-electron chi connectivity index (χ2n) is 3.91. The van der Waals surface area contributed by atoms with Crippen LogP contribution in [0.5, 0.6) is 0 Å². The van der Waals surface area contributed by atoms with Gasteiger partial charge in [-0.1, -0.05) is 0 Å². The fourth-order valence-electron chi connectivity index (χ4n) is 1.37. The summed E-state index contributed by atoms with van der Waals surface area (Å²) < 4.78 is 0. The van der Waals surface area contributed by atoms with Crippen molar-refractivity contribution in [2.24, 2.45) is 0 Å². The number of anilines is 1. The number of hydrogen-bond acceptors (Lipinski definition) is 4. The number of nitro groups is 1. The highest BCUT2D eigenvalue weighted by molar-refractivity contribution is 5.97. The Hall–Kier alpha value is -2.44. The number of rotatable bonds is 3. The van der Waals surface area contributed by atoms with Crippen LogP contribution >= 0.6 is 0 Å². The molecule has 96 valence electrons. The summed E-state index contributed by atoms with van der Waals surface area (Å²) in [6.45, 7) is 1.28. The Kier molecular flexibility index (Phi) is 3.98. The minimum atomic E-state index is -0.613. The smallest absolute Gasteiger partial charge is 0.272 e. The maximum absolute atomic E-state index is 11.7. The summed E-state index contributed by atoms with van der Waals surface area (Å²) in [5.41, 5.74) is 0.131. The maximum atomic E-state index is 11.7. The van der Waals surface area contributed by atoms with Gasteiger partial charge in [0.25, 0.3) is 11.6 Å². The van der Waals surface area contributed by atoms with Crippen molar-refractivity contribution in [3.8, 4) is 0 Å². The zero-order valence-corrected chi connectivity index (χ0v) is 10.3. The van der Waals surface area contributed by atoms with E-state index in [0.717, 1.165) is 0 Å². The zero-order valence-electron chi connectivity index (χ0n) is 10.3. The Morgan fingerprint density at radius 2 is 1.89 bits per heavy atom. The fraction of sp³-hybridized carbons (Fsp3) is 0.273. The van der Waals surface area contributed by atoms with Crippen molar-refractivity contribution >= 4 is 23.2 Å². The largest absolute Gasteiger partial charge is 0.345 e. The molecule has 7 heteroatoms. The first kappa shape index (κ1) is 13.6. The van der Waals surface area contributed by atoms with Gasteiger partial charge in [0.1, 0.15) is 0 Å². The topological polar surface area (TPSA) is 92.6 Å². The molecule has 0 fully saturated rings. The van der Waals surface area contributed by atoms with Crippen LogP contribution in [0, 0.1) is 10.1 Å². The number of nitrogens with zero attached hydrogens (tertiary/aromatic N) is 2. The molecule has 0 aliphatic rings. The van der Waals surface area contributed by atoms with Gasteiger partial charge in [-0.25, -0.2) is 0 Å². The molecule has 0 heterocycles. The van der Waals surface area contributed by atoms with Crippen molar-refractivity contribution in [2.45, 2.75) is 6.92 Å². The third kappa shape index (κ3) is 3.27. The Labute approximate surface area is 104 Å². The number of carbonyl (C=O) groups excluding carboxylic acids is 2. The van der Waals surface area contributed by atoms with Gasteiger partial charge in [-0.2, -0.15) is 0 Å². The first-order valence-corrected chi connectivity index (χ1v) is 5.10. The van der Waals surface area contributed by atoms with Crippen LogP contribution in [0.15, 0.2) is 18.2 Å². The van der Waals surface area contributed by atoms with E-state index in [9.17, 15) is 19.7 Å². The van der Waals surface area contributed by atoms with Crippen LogP contribution < -0.4 is 5.32 Å². The summed E-state index contributed by atoms with van der Waals surface area (Å²) >= 11 is 0. The maximum Gasteiger partial charge on any atom is 0.272 e. The van der Waals surface area contributed by atoms with Crippen molar-refractivity contribution in [1.82, 2.24) is 4.90 Å². The molecule has 1 N–H and O–H groups in total. The SMILES string of the molecule is CC(=O)Nc1cc(C(=O)N(C)C)cc([N+](=O)[O-])c1. The Balaban J connectivity index is 3.26. The van der Waals surface area contributed by atoms with Crippen molar-refractivity contribution in [3.05, 3.63) is 33.9 Å². The van der Waals surface area contributed by atoms with Gasteiger partial charge in [-0.15, -0.1) is 0 Å². The second-order valence-corrected chi connectivity index (χ2v) is 3.91. The lowest BCUT2D eigenvalue weighted by atomic mass is 10.1. The minimum Gasteiger partial charge on any atom is -0.345 e. The van der Waals surface area contributed by atoms with E-state index in [0.29, 0.717) is 0 Å². The van der Waals surface area contributed by atoms with Crippen LogP contribution in [0.25, 0.3) is 0 Å². The molecule has 0 aromatic heterocycles. The van der Waals surface area contributed by atoms with Gasteiger partial charge in [0, 0.05) is 44.4 Å². The van der Waals surface area contributed by atoms with Crippen LogP contribution in [0.1, 0.15) is 17.3 Å². The monoisotopic (exact) mass is 251 g/mol. The Bertz CT molecular complexity index is 511. The van der Waals surface area contributed by atoms with Crippen molar-refractivity contribution < 1.29 is 14.5 Å². The van der Waals surface area contributed by atoms with E-state index in [1.54, 1.807) is 14.1 Å². The minimum absolute atomic E-state index is 0.151. The van der Waals surface area contributed by atoms with Crippen molar-refractivity contribution in [3.63, 3.8) is 0 Å². The quantitative estimate of drug-likeness (QED) is 0.646. The second kappa shape index (κ2) is 5.26. The number of nitro benzene ring substituents is 1.